The second kappa shape index (κ2) is 6.37. The Morgan fingerprint density at radius 3 is 2.60 bits per heavy atom. The van der Waals surface area contributed by atoms with Crippen molar-refractivity contribution in [1.29, 1.82) is 0 Å². The third-order valence-corrected chi connectivity index (χ3v) is 2.13. The number of para-hydroxylation sites is 1. The van der Waals surface area contributed by atoms with Gasteiger partial charge in [-0.1, -0.05) is 31.5 Å². The molecular weight excluding hydrogens is 216 g/mol. The first-order chi connectivity index (χ1) is 6.66. The lowest BCUT2D eigenvalue weighted by Gasteiger charge is -2.10. The average molecular weight is 231 g/mol. The lowest BCUT2D eigenvalue weighted by Crippen LogP contribution is -2.11. The molecule has 84 valence electrons. The van der Waals surface area contributed by atoms with Crippen molar-refractivity contribution in [3.8, 4) is 0 Å². The summed E-state index contributed by atoms with van der Waals surface area (Å²) in [4.78, 5) is 10.3. The van der Waals surface area contributed by atoms with Crippen LogP contribution in [0.2, 0.25) is 0 Å². The van der Waals surface area contributed by atoms with Crippen LogP contribution in [0.3, 0.4) is 0 Å². The quantitative estimate of drug-likeness (QED) is 0.639. The van der Waals surface area contributed by atoms with Gasteiger partial charge in [-0.15, -0.1) is 12.4 Å². The van der Waals surface area contributed by atoms with Crippen molar-refractivity contribution in [2.75, 3.05) is 0 Å². The van der Waals surface area contributed by atoms with Gasteiger partial charge in [0.25, 0.3) is 5.69 Å². The van der Waals surface area contributed by atoms with E-state index in [9.17, 15) is 10.1 Å². The summed E-state index contributed by atoms with van der Waals surface area (Å²) in [6.07, 6.45) is 1.69. The standard InChI is InChI=1S/C10H14N2O2.ClH/c1-2-5-9(11)8-6-3-4-7-10(8)12(13)14;/h3-4,6-7,9H,2,5,11H2,1H3;1H/t9-;/m1./s1. The number of nitrogens with zero attached hydrogens (tertiary/aromatic N) is 1. The van der Waals surface area contributed by atoms with Crippen LogP contribution in [0.15, 0.2) is 24.3 Å². The molecule has 5 heteroatoms. The largest absolute Gasteiger partial charge is 0.324 e. The van der Waals surface area contributed by atoms with E-state index in [2.05, 4.69) is 0 Å². The van der Waals surface area contributed by atoms with Crippen LogP contribution in [0, 0.1) is 10.1 Å². The Hall–Kier alpha value is -1.13. The maximum Gasteiger partial charge on any atom is 0.274 e. The first kappa shape index (κ1) is 13.9. The predicted octanol–water partition coefficient (Wildman–Crippen LogP) is 2.82. The van der Waals surface area contributed by atoms with Crippen LogP contribution in [-0.4, -0.2) is 4.92 Å². The molecule has 1 atom stereocenters. The zero-order valence-corrected chi connectivity index (χ0v) is 9.37. The SMILES string of the molecule is CCC[C@@H](N)c1ccccc1[N+](=O)[O-].Cl. The summed E-state index contributed by atoms with van der Waals surface area (Å²) in [7, 11) is 0. The monoisotopic (exact) mass is 230 g/mol. The van der Waals surface area contributed by atoms with Crippen LogP contribution >= 0.6 is 12.4 Å². The fourth-order valence-corrected chi connectivity index (χ4v) is 1.43. The van der Waals surface area contributed by atoms with Crippen LogP contribution in [0.25, 0.3) is 0 Å². The Morgan fingerprint density at radius 2 is 2.07 bits per heavy atom. The average Bonchev–Trinajstić information content (AvgIpc) is 2.18. The highest BCUT2D eigenvalue weighted by Gasteiger charge is 2.17. The Balaban J connectivity index is 0.00000196. The van der Waals surface area contributed by atoms with Crippen molar-refractivity contribution in [3.05, 3.63) is 39.9 Å². The Bertz CT molecular complexity index is 331. The maximum atomic E-state index is 10.7. The molecule has 2 N–H and O–H groups in total. The van der Waals surface area contributed by atoms with Crippen molar-refractivity contribution in [2.45, 2.75) is 25.8 Å². The summed E-state index contributed by atoms with van der Waals surface area (Å²) in [5.41, 5.74) is 6.58. The van der Waals surface area contributed by atoms with Crippen molar-refractivity contribution >= 4 is 18.1 Å². The van der Waals surface area contributed by atoms with E-state index < -0.39 is 0 Å². The van der Waals surface area contributed by atoms with Gasteiger partial charge in [0.15, 0.2) is 0 Å². The van der Waals surface area contributed by atoms with Gasteiger partial charge >= 0.3 is 0 Å². The van der Waals surface area contributed by atoms with Gasteiger partial charge < -0.3 is 5.73 Å². The first-order valence-electron chi connectivity index (χ1n) is 4.65. The highest BCUT2D eigenvalue weighted by Crippen LogP contribution is 2.25. The van der Waals surface area contributed by atoms with Crippen LogP contribution in [0.5, 0.6) is 0 Å². The molecule has 0 spiro atoms. The molecule has 0 fully saturated rings. The summed E-state index contributed by atoms with van der Waals surface area (Å²) in [6.45, 7) is 2.01. The third-order valence-electron chi connectivity index (χ3n) is 2.13. The van der Waals surface area contributed by atoms with Gasteiger partial charge in [0, 0.05) is 17.7 Å². The van der Waals surface area contributed by atoms with Crippen molar-refractivity contribution in [3.63, 3.8) is 0 Å². The Kier molecular flexibility index (Phi) is 5.89. The molecule has 0 bridgehead atoms. The molecule has 0 aliphatic carbocycles. The minimum Gasteiger partial charge on any atom is -0.324 e. The van der Waals surface area contributed by atoms with E-state index >= 15 is 0 Å². The van der Waals surface area contributed by atoms with E-state index in [0.29, 0.717) is 5.56 Å². The number of halogens is 1. The van der Waals surface area contributed by atoms with E-state index in [-0.39, 0.29) is 29.1 Å². The predicted molar refractivity (Wildman–Crippen MR) is 62.2 cm³/mol. The summed E-state index contributed by atoms with van der Waals surface area (Å²) in [6, 6.07) is 6.41. The number of nitro benzene ring substituents is 1. The number of benzene rings is 1. The molecule has 1 aromatic carbocycles. The molecule has 1 aromatic rings. The van der Waals surface area contributed by atoms with Gasteiger partial charge in [-0.3, -0.25) is 10.1 Å². The van der Waals surface area contributed by atoms with Gasteiger partial charge in [-0.05, 0) is 6.42 Å². The molecule has 0 amide bonds. The molecule has 0 aliphatic rings. The fourth-order valence-electron chi connectivity index (χ4n) is 1.43. The number of hydrogen-bond acceptors (Lipinski definition) is 3. The van der Waals surface area contributed by atoms with Crippen molar-refractivity contribution in [1.82, 2.24) is 0 Å². The van der Waals surface area contributed by atoms with E-state index in [4.69, 9.17) is 5.73 Å². The second-order valence-electron chi connectivity index (χ2n) is 3.21. The molecule has 0 aromatic heterocycles. The van der Waals surface area contributed by atoms with Crippen molar-refractivity contribution < 1.29 is 4.92 Å². The van der Waals surface area contributed by atoms with Gasteiger partial charge in [-0.2, -0.15) is 0 Å². The lowest BCUT2D eigenvalue weighted by atomic mass is 10.0. The normalized spacial score (nSPS) is 11.6. The molecule has 0 heterocycles. The van der Waals surface area contributed by atoms with Crippen LogP contribution < -0.4 is 5.73 Å². The fraction of sp³-hybridized carbons (Fsp3) is 0.400. The molecule has 0 radical (unpaired) electrons. The highest BCUT2D eigenvalue weighted by molar-refractivity contribution is 5.85. The van der Waals surface area contributed by atoms with E-state index in [1.54, 1.807) is 18.2 Å². The number of nitro groups is 1. The first-order valence-corrected chi connectivity index (χ1v) is 4.65. The van der Waals surface area contributed by atoms with Crippen LogP contribution in [-0.2, 0) is 0 Å². The number of nitrogens with two attached hydrogens (primary N) is 1. The minimum atomic E-state index is -0.384. The number of hydrogen-bond donors (Lipinski definition) is 1. The zero-order chi connectivity index (χ0) is 10.6. The second-order valence-corrected chi connectivity index (χ2v) is 3.21. The highest BCUT2D eigenvalue weighted by atomic mass is 35.5. The van der Waals surface area contributed by atoms with Gasteiger partial charge in [0.1, 0.15) is 0 Å². The summed E-state index contributed by atoms with van der Waals surface area (Å²) in [5.74, 6) is 0. The summed E-state index contributed by atoms with van der Waals surface area (Å²) < 4.78 is 0. The van der Waals surface area contributed by atoms with E-state index in [0.717, 1.165) is 12.8 Å². The molecule has 0 aliphatic heterocycles. The molecule has 0 saturated heterocycles. The van der Waals surface area contributed by atoms with Gasteiger partial charge in [-0.25, -0.2) is 0 Å². The zero-order valence-electron chi connectivity index (χ0n) is 8.55. The van der Waals surface area contributed by atoms with Crippen LogP contribution in [0.4, 0.5) is 5.69 Å². The summed E-state index contributed by atoms with van der Waals surface area (Å²) >= 11 is 0. The van der Waals surface area contributed by atoms with Gasteiger partial charge in [0.05, 0.1) is 4.92 Å². The van der Waals surface area contributed by atoms with E-state index in [1.807, 2.05) is 6.92 Å². The maximum absolute atomic E-state index is 10.7. The molecular formula is C10H15ClN2O2. The molecule has 0 saturated carbocycles. The van der Waals surface area contributed by atoms with Gasteiger partial charge in [0.2, 0.25) is 0 Å². The molecule has 4 nitrogen and oxygen atoms in total. The third kappa shape index (κ3) is 3.49. The topological polar surface area (TPSA) is 69.2 Å². The molecule has 15 heavy (non-hydrogen) atoms. The van der Waals surface area contributed by atoms with E-state index in [1.165, 1.54) is 6.07 Å². The lowest BCUT2D eigenvalue weighted by molar-refractivity contribution is -0.385. The van der Waals surface area contributed by atoms with Crippen LogP contribution in [0.1, 0.15) is 31.4 Å². The minimum absolute atomic E-state index is 0. The Labute approximate surface area is 95.0 Å². The summed E-state index contributed by atoms with van der Waals surface area (Å²) in [5, 5.41) is 10.7. The Morgan fingerprint density at radius 1 is 1.47 bits per heavy atom. The molecule has 0 unspecified atom stereocenters. The number of rotatable bonds is 4. The smallest absolute Gasteiger partial charge is 0.274 e. The van der Waals surface area contributed by atoms with Crippen molar-refractivity contribution in [2.24, 2.45) is 5.73 Å². The molecule has 1 rings (SSSR count).